The van der Waals surface area contributed by atoms with Crippen molar-refractivity contribution in [3.63, 3.8) is 0 Å². The lowest BCUT2D eigenvalue weighted by molar-refractivity contribution is 0.0541. The van der Waals surface area contributed by atoms with Crippen LogP contribution in [-0.4, -0.2) is 30.8 Å². The number of fused-ring (bicyclic) bond motifs is 1. The number of sulfonamides is 1. The molecule has 0 aliphatic carbocycles. The van der Waals surface area contributed by atoms with Crippen LogP contribution in [-0.2, 0) is 16.4 Å². The molecule has 130 valence electrons. The summed E-state index contributed by atoms with van der Waals surface area (Å²) in [6, 6.07) is 5.01. The van der Waals surface area contributed by atoms with Gasteiger partial charge in [-0.2, -0.15) is 13.9 Å². The van der Waals surface area contributed by atoms with E-state index in [1.165, 1.54) is 6.92 Å². The second-order valence-electron chi connectivity index (χ2n) is 5.40. The summed E-state index contributed by atoms with van der Waals surface area (Å²) in [6.07, 6.45) is 1.37. The normalized spacial score (nSPS) is 17.6. The monoisotopic (exact) mass is 421 g/mol. The van der Waals surface area contributed by atoms with Gasteiger partial charge in [0.1, 0.15) is 17.3 Å². The zero-order chi connectivity index (χ0) is 17.5. The highest BCUT2D eigenvalue weighted by atomic mass is 79.9. The lowest BCUT2D eigenvalue weighted by Crippen LogP contribution is -2.42. The number of benzene rings is 1. The molecule has 2 heterocycles. The van der Waals surface area contributed by atoms with E-state index < -0.39 is 22.6 Å². The van der Waals surface area contributed by atoms with E-state index in [1.807, 2.05) is 12.1 Å². The third kappa shape index (κ3) is 3.31. The third-order valence-electron chi connectivity index (χ3n) is 3.72. The fourth-order valence-electron chi connectivity index (χ4n) is 2.59. The van der Waals surface area contributed by atoms with E-state index in [9.17, 15) is 17.2 Å². The smallest absolute Gasteiger partial charge is 0.333 e. The van der Waals surface area contributed by atoms with Gasteiger partial charge in [-0.05, 0) is 37.1 Å². The minimum absolute atomic E-state index is 0.114. The second kappa shape index (κ2) is 6.41. The Morgan fingerprint density at radius 3 is 2.88 bits per heavy atom. The standard InChI is InChI=1S/C14H14BrF2N3O3S/c1-8-13(6-18-20(8)14(16)17)24(21,22)19-11-5-9-4-10(15)2-3-12(9)23-7-11/h2-4,6,11,14,19H,5,7H2,1H3/t11-/m0/s1. The highest BCUT2D eigenvalue weighted by Gasteiger charge is 2.29. The Hall–Kier alpha value is -1.52. The summed E-state index contributed by atoms with van der Waals surface area (Å²) in [5.74, 6) is 0.704. The quantitative estimate of drug-likeness (QED) is 0.823. The molecule has 1 aromatic carbocycles. The van der Waals surface area contributed by atoms with E-state index in [4.69, 9.17) is 4.74 Å². The van der Waals surface area contributed by atoms with Gasteiger partial charge in [0.2, 0.25) is 10.0 Å². The number of hydrogen-bond acceptors (Lipinski definition) is 4. The van der Waals surface area contributed by atoms with Crippen molar-refractivity contribution in [1.29, 1.82) is 0 Å². The van der Waals surface area contributed by atoms with Gasteiger partial charge in [0, 0.05) is 4.47 Å². The van der Waals surface area contributed by atoms with Crippen LogP contribution >= 0.6 is 15.9 Å². The molecule has 0 bridgehead atoms. The Labute approximate surface area is 146 Å². The summed E-state index contributed by atoms with van der Waals surface area (Å²) >= 11 is 3.36. The number of alkyl halides is 2. The molecule has 1 atom stereocenters. The highest BCUT2D eigenvalue weighted by molar-refractivity contribution is 9.10. The predicted octanol–water partition coefficient (Wildman–Crippen LogP) is 2.63. The number of hydrogen-bond donors (Lipinski definition) is 1. The largest absolute Gasteiger partial charge is 0.492 e. The molecule has 0 radical (unpaired) electrons. The predicted molar refractivity (Wildman–Crippen MR) is 85.7 cm³/mol. The van der Waals surface area contributed by atoms with Gasteiger partial charge in [0.15, 0.2) is 0 Å². The summed E-state index contributed by atoms with van der Waals surface area (Å²) in [5.41, 5.74) is 0.751. The van der Waals surface area contributed by atoms with E-state index in [0.717, 1.165) is 16.2 Å². The van der Waals surface area contributed by atoms with Gasteiger partial charge >= 0.3 is 6.55 Å². The second-order valence-corrected chi connectivity index (χ2v) is 8.00. The van der Waals surface area contributed by atoms with Crippen LogP contribution in [0.2, 0.25) is 0 Å². The van der Waals surface area contributed by atoms with Gasteiger partial charge in [-0.15, -0.1) is 0 Å². The molecular weight excluding hydrogens is 408 g/mol. The summed E-state index contributed by atoms with van der Waals surface area (Å²) in [5, 5.41) is 3.43. The first-order valence-corrected chi connectivity index (χ1v) is 9.31. The van der Waals surface area contributed by atoms with Crippen molar-refractivity contribution in [3.8, 4) is 5.75 Å². The number of nitrogens with one attached hydrogen (secondary N) is 1. The molecule has 2 aromatic rings. The van der Waals surface area contributed by atoms with Crippen LogP contribution in [0.25, 0.3) is 0 Å². The zero-order valence-electron chi connectivity index (χ0n) is 12.5. The van der Waals surface area contributed by atoms with Gasteiger partial charge in [-0.3, -0.25) is 0 Å². The van der Waals surface area contributed by atoms with E-state index in [-0.39, 0.29) is 17.2 Å². The Kier molecular flexibility index (Phi) is 4.63. The van der Waals surface area contributed by atoms with Crippen LogP contribution in [0, 0.1) is 6.92 Å². The molecule has 10 heteroatoms. The van der Waals surface area contributed by atoms with E-state index in [2.05, 4.69) is 25.8 Å². The van der Waals surface area contributed by atoms with Crippen LogP contribution in [0.15, 0.2) is 33.8 Å². The Balaban J connectivity index is 1.81. The van der Waals surface area contributed by atoms with Crippen molar-refractivity contribution >= 4 is 26.0 Å². The average molecular weight is 422 g/mol. The summed E-state index contributed by atoms with van der Waals surface area (Å²) in [7, 11) is -3.97. The molecule has 3 rings (SSSR count). The number of nitrogens with zero attached hydrogens (tertiary/aromatic N) is 2. The maximum Gasteiger partial charge on any atom is 0.333 e. The summed E-state index contributed by atoms with van der Waals surface area (Å²) in [6.45, 7) is -1.44. The molecule has 0 unspecified atom stereocenters. The maximum atomic E-state index is 12.8. The molecule has 0 saturated heterocycles. The molecule has 1 aliphatic rings. The van der Waals surface area contributed by atoms with Crippen LogP contribution in [0.1, 0.15) is 17.8 Å². The first-order chi connectivity index (χ1) is 11.3. The van der Waals surface area contributed by atoms with Crippen molar-refractivity contribution in [2.24, 2.45) is 0 Å². The number of rotatable bonds is 4. The zero-order valence-corrected chi connectivity index (χ0v) is 14.9. The molecule has 0 saturated carbocycles. The molecule has 1 aromatic heterocycles. The molecular formula is C14H14BrF2N3O3S. The molecule has 0 spiro atoms. The van der Waals surface area contributed by atoms with Gasteiger partial charge in [0.05, 0.1) is 17.9 Å². The minimum atomic E-state index is -3.97. The average Bonchev–Trinajstić information content (AvgIpc) is 2.89. The van der Waals surface area contributed by atoms with Crippen molar-refractivity contribution in [2.75, 3.05) is 6.61 Å². The summed E-state index contributed by atoms with van der Waals surface area (Å²) < 4.78 is 59.7. The molecule has 24 heavy (non-hydrogen) atoms. The van der Waals surface area contributed by atoms with Crippen LogP contribution in [0.4, 0.5) is 8.78 Å². The van der Waals surface area contributed by atoms with Crippen LogP contribution in [0.5, 0.6) is 5.75 Å². The van der Waals surface area contributed by atoms with E-state index in [0.29, 0.717) is 16.9 Å². The lowest BCUT2D eigenvalue weighted by Gasteiger charge is -2.26. The van der Waals surface area contributed by atoms with Gasteiger partial charge in [0.25, 0.3) is 0 Å². The van der Waals surface area contributed by atoms with Crippen LogP contribution in [0.3, 0.4) is 0 Å². The molecule has 0 amide bonds. The molecule has 1 N–H and O–H groups in total. The molecule has 0 fully saturated rings. The SMILES string of the molecule is Cc1c(S(=O)(=O)N[C@@H]2COc3ccc(Br)cc3C2)cnn1C(F)F. The Morgan fingerprint density at radius 1 is 1.46 bits per heavy atom. The summed E-state index contributed by atoms with van der Waals surface area (Å²) in [4.78, 5) is -0.261. The van der Waals surface area contributed by atoms with Crippen LogP contribution < -0.4 is 9.46 Å². The fourth-order valence-corrected chi connectivity index (χ4v) is 4.38. The third-order valence-corrected chi connectivity index (χ3v) is 5.84. The minimum Gasteiger partial charge on any atom is -0.492 e. The topological polar surface area (TPSA) is 73.2 Å². The van der Waals surface area contributed by atoms with Crippen molar-refractivity contribution < 1.29 is 21.9 Å². The van der Waals surface area contributed by atoms with Gasteiger partial charge < -0.3 is 4.74 Å². The van der Waals surface area contributed by atoms with Crippen molar-refractivity contribution in [1.82, 2.24) is 14.5 Å². The highest BCUT2D eigenvalue weighted by Crippen LogP contribution is 2.28. The van der Waals surface area contributed by atoms with Crippen molar-refractivity contribution in [2.45, 2.75) is 30.8 Å². The number of halogens is 3. The Morgan fingerprint density at radius 2 is 2.21 bits per heavy atom. The van der Waals surface area contributed by atoms with Gasteiger partial charge in [-0.25, -0.2) is 17.8 Å². The first-order valence-electron chi connectivity index (χ1n) is 7.04. The number of ether oxygens (including phenoxy) is 1. The van der Waals surface area contributed by atoms with Gasteiger partial charge in [-0.1, -0.05) is 15.9 Å². The van der Waals surface area contributed by atoms with E-state index in [1.54, 1.807) is 6.07 Å². The maximum absolute atomic E-state index is 12.8. The van der Waals surface area contributed by atoms with Crippen molar-refractivity contribution in [3.05, 3.63) is 40.1 Å². The first kappa shape index (κ1) is 17.3. The fraction of sp³-hybridized carbons (Fsp3) is 0.357. The lowest BCUT2D eigenvalue weighted by atomic mass is 10.0. The molecule has 1 aliphatic heterocycles. The Bertz CT molecular complexity index is 870. The van der Waals surface area contributed by atoms with E-state index >= 15 is 0 Å². The number of aromatic nitrogens is 2. The molecule has 6 nitrogen and oxygen atoms in total.